The minimum Gasteiger partial charge on any atom is -0.339 e. The van der Waals surface area contributed by atoms with Crippen LogP contribution in [0.2, 0.25) is 0 Å². The average Bonchev–Trinajstić information content (AvgIpc) is 2.62. The molecule has 0 bridgehead atoms. The molecule has 0 saturated heterocycles. The van der Waals surface area contributed by atoms with Gasteiger partial charge < -0.3 is 5.32 Å². The standard InChI is InChI=1S/C20H22N4O2S/c1-15-12-16(2)14-18(13-15)21-19-8-9-20(23-22-19)24-27(25,26)11-10-17-6-4-3-5-7-17/h3-9,12-14H,10-11H2,1-2H3,(H,21,22)(H,23,24). The maximum atomic E-state index is 12.2. The first kappa shape index (κ1) is 18.8. The predicted molar refractivity (Wildman–Crippen MR) is 109 cm³/mol. The highest BCUT2D eigenvalue weighted by Gasteiger charge is 2.12. The Labute approximate surface area is 159 Å². The maximum Gasteiger partial charge on any atom is 0.234 e. The summed E-state index contributed by atoms with van der Waals surface area (Å²) in [7, 11) is -3.49. The summed E-state index contributed by atoms with van der Waals surface area (Å²) in [5.74, 6) is 0.739. The Balaban J connectivity index is 1.61. The van der Waals surface area contributed by atoms with Crippen molar-refractivity contribution in [2.75, 3.05) is 15.8 Å². The van der Waals surface area contributed by atoms with E-state index in [0.717, 1.165) is 22.4 Å². The summed E-state index contributed by atoms with van der Waals surface area (Å²) in [5, 5.41) is 11.2. The van der Waals surface area contributed by atoms with E-state index >= 15 is 0 Å². The number of hydrogen-bond donors (Lipinski definition) is 2. The fourth-order valence-corrected chi connectivity index (χ4v) is 3.79. The highest BCUT2D eigenvalue weighted by Crippen LogP contribution is 2.18. The molecular weight excluding hydrogens is 360 g/mol. The lowest BCUT2D eigenvalue weighted by Gasteiger charge is -2.09. The summed E-state index contributed by atoms with van der Waals surface area (Å²) in [4.78, 5) is 0. The fraction of sp³-hybridized carbons (Fsp3) is 0.200. The Kier molecular flexibility index (Phi) is 5.71. The van der Waals surface area contributed by atoms with Gasteiger partial charge in [-0.15, -0.1) is 10.2 Å². The van der Waals surface area contributed by atoms with E-state index in [0.29, 0.717) is 12.2 Å². The van der Waals surface area contributed by atoms with Gasteiger partial charge in [-0.2, -0.15) is 0 Å². The summed E-state index contributed by atoms with van der Waals surface area (Å²) < 4.78 is 26.9. The van der Waals surface area contributed by atoms with Crippen LogP contribution in [-0.2, 0) is 16.4 Å². The SMILES string of the molecule is Cc1cc(C)cc(Nc2ccc(NS(=O)(=O)CCc3ccccc3)nn2)c1. The Morgan fingerprint density at radius 1 is 0.852 bits per heavy atom. The molecule has 0 radical (unpaired) electrons. The molecule has 0 unspecified atom stereocenters. The molecule has 0 aliphatic carbocycles. The molecule has 0 amide bonds. The lowest BCUT2D eigenvalue weighted by Crippen LogP contribution is -2.19. The second-order valence-corrected chi connectivity index (χ2v) is 8.30. The van der Waals surface area contributed by atoms with Gasteiger partial charge in [-0.1, -0.05) is 36.4 Å². The molecule has 0 atom stereocenters. The minimum absolute atomic E-state index is 0.0126. The van der Waals surface area contributed by atoms with Crippen molar-refractivity contribution in [3.05, 3.63) is 77.4 Å². The number of hydrogen-bond acceptors (Lipinski definition) is 5. The van der Waals surface area contributed by atoms with E-state index in [9.17, 15) is 8.42 Å². The van der Waals surface area contributed by atoms with Crippen molar-refractivity contribution in [3.8, 4) is 0 Å². The molecule has 2 aromatic carbocycles. The molecule has 0 aliphatic heterocycles. The van der Waals surface area contributed by atoms with Crippen LogP contribution >= 0.6 is 0 Å². The van der Waals surface area contributed by atoms with Gasteiger partial charge in [0.15, 0.2) is 11.6 Å². The fourth-order valence-electron chi connectivity index (χ4n) is 2.76. The quantitative estimate of drug-likeness (QED) is 0.649. The molecule has 0 saturated carbocycles. The number of benzene rings is 2. The van der Waals surface area contributed by atoms with Crippen molar-refractivity contribution < 1.29 is 8.42 Å². The van der Waals surface area contributed by atoms with E-state index in [-0.39, 0.29) is 11.6 Å². The highest BCUT2D eigenvalue weighted by atomic mass is 32.2. The van der Waals surface area contributed by atoms with Gasteiger partial charge in [0.25, 0.3) is 0 Å². The molecule has 27 heavy (non-hydrogen) atoms. The van der Waals surface area contributed by atoms with Gasteiger partial charge in [0.2, 0.25) is 10.0 Å². The van der Waals surface area contributed by atoms with E-state index in [4.69, 9.17) is 0 Å². The number of aryl methyl sites for hydroxylation is 3. The van der Waals surface area contributed by atoms with Crippen molar-refractivity contribution in [1.29, 1.82) is 0 Å². The van der Waals surface area contributed by atoms with Gasteiger partial charge in [-0.3, -0.25) is 4.72 Å². The number of nitrogens with one attached hydrogen (secondary N) is 2. The second-order valence-electron chi connectivity index (χ2n) is 6.46. The topological polar surface area (TPSA) is 84.0 Å². The molecule has 1 heterocycles. The zero-order valence-electron chi connectivity index (χ0n) is 15.3. The third-order valence-electron chi connectivity index (χ3n) is 3.92. The Morgan fingerprint density at radius 3 is 2.11 bits per heavy atom. The smallest absolute Gasteiger partial charge is 0.234 e. The summed E-state index contributed by atoms with van der Waals surface area (Å²) in [6, 6.07) is 18.9. The lowest BCUT2D eigenvalue weighted by atomic mass is 10.1. The molecule has 3 aromatic rings. The zero-order chi connectivity index (χ0) is 19.3. The van der Waals surface area contributed by atoms with Crippen LogP contribution in [0.15, 0.2) is 60.7 Å². The maximum absolute atomic E-state index is 12.2. The van der Waals surface area contributed by atoms with Crippen LogP contribution in [-0.4, -0.2) is 24.4 Å². The van der Waals surface area contributed by atoms with E-state index in [1.165, 1.54) is 0 Å². The van der Waals surface area contributed by atoms with E-state index in [1.54, 1.807) is 12.1 Å². The molecule has 2 N–H and O–H groups in total. The van der Waals surface area contributed by atoms with Gasteiger partial charge in [0.05, 0.1) is 5.75 Å². The van der Waals surface area contributed by atoms with Crippen molar-refractivity contribution in [3.63, 3.8) is 0 Å². The number of anilines is 3. The molecule has 3 rings (SSSR count). The van der Waals surface area contributed by atoms with Crippen LogP contribution in [0.3, 0.4) is 0 Å². The Morgan fingerprint density at radius 2 is 1.48 bits per heavy atom. The normalized spacial score (nSPS) is 11.2. The third kappa shape index (κ3) is 5.79. The summed E-state index contributed by atoms with van der Waals surface area (Å²) in [6.45, 7) is 4.05. The first-order chi connectivity index (χ1) is 12.9. The van der Waals surface area contributed by atoms with Crippen LogP contribution in [0.1, 0.15) is 16.7 Å². The van der Waals surface area contributed by atoms with E-state index < -0.39 is 10.0 Å². The van der Waals surface area contributed by atoms with Crippen LogP contribution in [0, 0.1) is 13.8 Å². The van der Waals surface area contributed by atoms with Crippen LogP contribution in [0.5, 0.6) is 0 Å². The van der Waals surface area contributed by atoms with E-state index in [1.807, 2.05) is 56.3 Å². The molecule has 0 fully saturated rings. The largest absolute Gasteiger partial charge is 0.339 e. The van der Waals surface area contributed by atoms with Crippen molar-refractivity contribution >= 4 is 27.3 Å². The average molecular weight is 382 g/mol. The Bertz CT molecular complexity index is 984. The molecular formula is C20H22N4O2S. The summed E-state index contributed by atoms with van der Waals surface area (Å²) >= 11 is 0. The van der Waals surface area contributed by atoms with Crippen molar-refractivity contribution in [1.82, 2.24) is 10.2 Å². The zero-order valence-corrected chi connectivity index (χ0v) is 16.1. The summed E-state index contributed by atoms with van der Waals surface area (Å²) in [6.07, 6.45) is 0.440. The molecule has 140 valence electrons. The number of sulfonamides is 1. The lowest BCUT2D eigenvalue weighted by molar-refractivity contribution is 0.600. The number of aromatic nitrogens is 2. The first-order valence-corrected chi connectivity index (χ1v) is 10.3. The molecule has 6 nitrogen and oxygen atoms in total. The van der Waals surface area contributed by atoms with Gasteiger partial charge >= 0.3 is 0 Å². The predicted octanol–water partition coefficient (Wildman–Crippen LogP) is 3.82. The van der Waals surface area contributed by atoms with Crippen LogP contribution in [0.25, 0.3) is 0 Å². The minimum atomic E-state index is -3.49. The molecule has 0 aliphatic rings. The molecule has 7 heteroatoms. The molecule has 0 spiro atoms. The van der Waals surface area contributed by atoms with Crippen LogP contribution in [0.4, 0.5) is 17.3 Å². The highest BCUT2D eigenvalue weighted by molar-refractivity contribution is 7.92. The number of nitrogens with zero attached hydrogens (tertiary/aromatic N) is 2. The van der Waals surface area contributed by atoms with Gasteiger partial charge in [-0.05, 0) is 61.2 Å². The molecule has 1 aromatic heterocycles. The number of rotatable bonds is 7. The monoisotopic (exact) mass is 382 g/mol. The van der Waals surface area contributed by atoms with Crippen molar-refractivity contribution in [2.45, 2.75) is 20.3 Å². The van der Waals surface area contributed by atoms with Gasteiger partial charge in [0, 0.05) is 5.69 Å². The summed E-state index contributed by atoms with van der Waals surface area (Å²) in [5.41, 5.74) is 4.18. The van der Waals surface area contributed by atoms with Gasteiger partial charge in [0.1, 0.15) is 0 Å². The van der Waals surface area contributed by atoms with E-state index in [2.05, 4.69) is 26.3 Å². The first-order valence-electron chi connectivity index (χ1n) is 8.63. The second kappa shape index (κ2) is 8.18. The van der Waals surface area contributed by atoms with Crippen LogP contribution < -0.4 is 10.0 Å². The van der Waals surface area contributed by atoms with Crippen molar-refractivity contribution in [2.24, 2.45) is 0 Å². The third-order valence-corrected chi connectivity index (χ3v) is 5.18. The Hall–Kier alpha value is -2.93. The van der Waals surface area contributed by atoms with Gasteiger partial charge in [-0.25, -0.2) is 8.42 Å².